The monoisotopic (exact) mass is 286 g/mol. The largest absolute Gasteiger partial charge is 0.398 e. The summed E-state index contributed by atoms with van der Waals surface area (Å²) in [4.78, 5) is 0. The second kappa shape index (κ2) is 5.11. The van der Waals surface area contributed by atoms with Crippen LogP contribution in [0.15, 0.2) is 24.3 Å². The normalized spacial score (nSPS) is 17.6. The summed E-state index contributed by atoms with van der Waals surface area (Å²) in [5.74, 6) is -0.0515. The molecule has 6 heteroatoms. The molecular weight excluding hydrogens is 268 g/mol. The molecule has 1 aromatic rings. The average Bonchev–Trinajstić information content (AvgIpc) is 3.11. The van der Waals surface area contributed by atoms with Gasteiger partial charge in [0.25, 0.3) is 0 Å². The van der Waals surface area contributed by atoms with Gasteiger partial charge in [0.1, 0.15) is 0 Å². The molecule has 18 heavy (non-hydrogen) atoms. The molecule has 0 bridgehead atoms. The molecule has 0 heterocycles. The van der Waals surface area contributed by atoms with Gasteiger partial charge in [-0.2, -0.15) is 11.8 Å². The van der Waals surface area contributed by atoms with Crippen LogP contribution in [0.1, 0.15) is 18.4 Å². The highest BCUT2D eigenvalue weighted by Crippen LogP contribution is 2.46. The first-order chi connectivity index (χ1) is 8.46. The highest BCUT2D eigenvalue weighted by atomic mass is 32.2. The molecular formula is C12H18N2O2S2. The summed E-state index contributed by atoms with van der Waals surface area (Å²) >= 11 is 1.74. The Morgan fingerprint density at radius 1 is 1.39 bits per heavy atom. The molecule has 0 saturated heterocycles. The zero-order valence-electron chi connectivity index (χ0n) is 10.3. The number of hydrogen-bond donors (Lipinski definition) is 2. The maximum atomic E-state index is 12.0. The van der Waals surface area contributed by atoms with Crippen LogP contribution in [0.25, 0.3) is 0 Å². The number of nitrogens with two attached hydrogens (primary N) is 1. The predicted octanol–water partition coefficient (Wildman–Crippen LogP) is 1.58. The van der Waals surface area contributed by atoms with Gasteiger partial charge in [0, 0.05) is 17.0 Å². The summed E-state index contributed by atoms with van der Waals surface area (Å²) < 4.78 is 26.8. The fraction of sp³-hybridized carbons (Fsp3) is 0.500. The predicted molar refractivity (Wildman–Crippen MR) is 77.0 cm³/mol. The third-order valence-corrected chi connectivity index (χ3v) is 5.95. The van der Waals surface area contributed by atoms with E-state index >= 15 is 0 Å². The zero-order chi connectivity index (χ0) is 13.2. The lowest BCUT2D eigenvalue weighted by Gasteiger charge is -2.14. The van der Waals surface area contributed by atoms with Gasteiger partial charge < -0.3 is 5.73 Å². The molecule has 0 unspecified atom stereocenters. The van der Waals surface area contributed by atoms with Crippen molar-refractivity contribution in [3.05, 3.63) is 29.8 Å². The van der Waals surface area contributed by atoms with Crippen molar-refractivity contribution in [3.63, 3.8) is 0 Å². The molecule has 0 aromatic heterocycles. The van der Waals surface area contributed by atoms with Crippen molar-refractivity contribution in [2.45, 2.75) is 23.3 Å². The highest BCUT2D eigenvalue weighted by Gasteiger charge is 2.42. The highest BCUT2D eigenvalue weighted by molar-refractivity contribution is 8.00. The second-order valence-electron chi connectivity index (χ2n) is 4.67. The van der Waals surface area contributed by atoms with E-state index in [0.717, 1.165) is 12.8 Å². The second-order valence-corrected chi connectivity index (χ2v) is 7.75. The van der Waals surface area contributed by atoms with Crippen molar-refractivity contribution in [1.82, 2.24) is 4.72 Å². The Bertz CT molecular complexity index is 525. The van der Waals surface area contributed by atoms with Gasteiger partial charge in [-0.3, -0.25) is 0 Å². The van der Waals surface area contributed by atoms with Gasteiger partial charge in [0.15, 0.2) is 0 Å². The third kappa shape index (κ3) is 3.40. The van der Waals surface area contributed by atoms with E-state index in [1.54, 1.807) is 36.0 Å². The summed E-state index contributed by atoms with van der Waals surface area (Å²) in [6.07, 6.45) is 4.20. The Morgan fingerprint density at radius 3 is 2.61 bits per heavy atom. The van der Waals surface area contributed by atoms with E-state index in [2.05, 4.69) is 4.72 Å². The van der Waals surface area contributed by atoms with E-state index in [0.29, 0.717) is 17.8 Å². The first-order valence-corrected chi connectivity index (χ1v) is 8.70. The lowest BCUT2D eigenvalue weighted by Crippen LogP contribution is -2.32. The van der Waals surface area contributed by atoms with Crippen LogP contribution in [-0.4, -0.2) is 26.0 Å². The summed E-state index contributed by atoms with van der Waals surface area (Å²) in [6.45, 7) is 0.517. The number of nitrogen functional groups attached to an aromatic ring is 1. The van der Waals surface area contributed by atoms with Crippen LogP contribution >= 0.6 is 11.8 Å². The van der Waals surface area contributed by atoms with Gasteiger partial charge >= 0.3 is 0 Å². The lowest BCUT2D eigenvalue weighted by molar-refractivity contribution is 0.579. The van der Waals surface area contributed by atoms with E-state index in [1.807, 2.05) is 6.26 Å². The van der Waals surface area contributed by atoms with Crippen LogP contribution in [-0.2, 0) is 15.8 Å². The quantitative estimate of drug-likeness (QED) is 0.779. The van der Waals surface area contributed by atoms with Crippen molar-refractivity contribution >= 4 is 27.5 Å². The molecule has 3 N–H and O–H groups in total. The SMILES string of the molecule is CSC1(CNS(=O)(=O)Cc2ccccc2N)CC1. The summed E-state index contributed by atoms with van der Waals surface area (Å²) in [6, 6.07) is 7.06. The molecule has 1 fully saturated rings. The molecule has 1 aromatic carbocycles. The topological polar surface area (TPSA) is 72.2 Å². The average molecular weight is 286 g/mol. The summed E-state index contributed by atoms with van der Waals surface area (Å²) in [5.41, 5.74) is 6.93. The number of rotatable bonds is 6. The van der Waals surface area contributed by atoms with E-state index in [9.17, 15) is 8.42 Å². The Hall–Kier alpha value is -0.720. The smallest absolute Gasteiger partial charge is 0.215 e. The van der Waals surface area contributed by atoms with Gasteiger partial charge in [-0.25, -0.2) is 13.1 Å². The maximum Gasteiger partial charge on any atom is 0.215 e. The lowest BCUT2D eigenvalue weighted by atomic mass is 10.2. The fourth-order valence-corrected chi connectivity index (χ4v) is 3.84. The first-order valence-electron chi connectivity index (χ1n) is 5.82. The molecule has 4 nitrogen and oxygen atoms in total. The van der Waals surface area contributed by atoms with E-state index < -0.39 is 10.0 Å². The van der Waals surface area contributed by atoms with Crippen molar-refractivity contribution in [2.75, 3.05) is 18.5 Å². The summed E-state index contributed by atoms with van der Waals surface area (Å²) in [7, 11) is -3.30. The third-order valence-electron chi connectivity index (χ3n) is 3.26. The number of hydrogen-bond acceptors (Lipinski definition) is 4. The maximum absolute atomic E-state index is 12.0. The minimum absolute atomic E-state index is 0.0515. The van der Waals surface area contributed by atoms with Crippen LogP contribution in [0.5, 0.6) is 0 Å². The molecule has 0 atom stereocenters. The van der Waals surface area contributed by atoms with Crippen LogP contribution in [0.2, 0.25) is 0 Å². The Labute approximate surface area is 112 Å². The molecule has 1 saturated carbocycles. The Balaban J connectivity index is 1.98. The number of benzene rings is 1. The van der Waals surface area contributed by atoms with E-state index in [4.69, 9.17) is 5.73 Å². The zero-order valence-corrected chi connectivity index (χ0v) is 12.0. The van der Waals surface area contributed by atoms with Gasteiger partial charge in [-0.1, -0.05) is 18.2 Å². The van der Waals surface area contributed by atoms with Crippen LogP contribution in [0.3, 0.4) is 0 Å². The van der Waals surface area contributed by atoms with Gasteiger partial charge in [0.2, 0.25) is 10.0 Å². The van der Waals surface area contributed by atoms with Gasteiger partial charge in [-0.05, 0) is 30.7 Å². The number of sulfonamides is 1. The van der Waals surface area contributed by atoms with Crippen LogP contribution in [0, 0.1) is 0 Å². The number of thioether (sulfide) groups is 1. The van der Waals surface area contributed by atoms with Crippen molar-refractivity contribution in [3.8, 4) is 0 Å². The van der Waals surface area contributed by atoms with E-state index in [-0.39, 0.29) is 10.5 Å². The van der Waals surface area contributed by atoms with Crippen LogP contribution in [0.4, 0.5) is 5.69 Å². The Morgan fingerprint density at radius 2 is 2.06 bits per heavy atom. The minimum Gasteiger partial charge on any atom is -0.398 e. The molecule has 1 aliphatic carbocycles. The molecule has 2 rings (SSSR count). The standard InChI is InChI=1S/C12H18N2O2S2/c1-17-12(6-7-12)9-14-18(15,16)8-10-4-2-3-5-11(10)13/h2-5,14H,6-9,13H2,1H3. The molecule has 100 valence electrons. The van der Waals surface area contributed by atoms with Gasteiger partial charge in [0.05, 0.1) is 5.75 Å². The molecule has 0 radical (unpaired) electrons. The molecule has 0 amide bonds. The first kappa shape index (κ1) is 13.7. The molecule has 0 aliphatic heterocycles. The Kier molecular flexibility index (Phi) is 3.89. The van der Waals surface area contributed by atoms with Crippen molar-refractivity contribution < 1.29 is 8.42 Å². The summed E-state index contributed by atoms with van der Waals surface area (Å²) in [5, 5.41) is 0. The molecule has 0 spiro atoms. The van der Waals surface area contributed by atoms with E-state index in [1.165, 1.54) is 0 Å². The number of anilines is 1. The van der Waals surface area contributed by atoms with Gasteiger partial charge in [-0.15, -0.1) is 0 Å². The van der Waals surface area contributed by atoms with Crippen LogP contribution < -0.4 is 10.5 Å². The van der Waals surface area contributed by atoms with Crippen molar-refractivity contribution in [2.24, 2.45) is 0 Å². The number of para-hydroxylation sites is 1. The number of nitrogens with one attached hydrogen (secondary N) is 1. The minimum atomic E-state index is -3.30. The molecule has 1 aliphatic rings. The fourth-order valence-electron chi connectivity index (χ4n) is 1.76. The van der Waals surface area contributed by atoms with Crippen molar-refractivity contribution in [1.29, 1.82) is 0 Å².